The van der Waals surface area contributed by atoms with E-state index < -0.39 is 17.8 Å². The molecule has 8 rings (SSSR count). The number of pyridine rings is 6. The minimum Gasteiger partial charge on any atom is -0.481 e. The van der Waals surface area contributed by atoms with Crippen LogP contribution in [0.3, 0.4) is 0 Å². The van der Waals surface area contributed by atoms with E-state index in [1.165, 1.54) is 28.9 Å². The van der Waals surface area contributed by atoms with Gasteiger partial charge in [0.15, 0.2) is 0 Å². The van der Waals surface area contributed by atoms with E-state index in [1.54, 1.807) is 60.4 Å². The quantitative estimate of drug-likeness (QED) is 0.193. The van der Waals surface area contributed by atoms with Gasteiger partial charge >= 0.3 is 6.18 Å². The summed E-state index contributed by atoms with van der Waals surface area (Å²) in [6, 6.07) is 25.9. The van der Waals surface area contributed by atoms with Crippen molar-refractivity contribution in [3.05, 3.63) is 139 Å². The van der Waals surface area contributed by atoms with Crippen LogP contribution in [0.2, 0.25) is 0 Å². The predicted molar refractivity (Wildman–Crippen MR) is 188 cm³/mol. The van der Waals surface area contributed by atoms with Crippen LogP contribution in [-0.4, -0.2) is 51.7 Å². The number of rotatable bonds is 6. The normalized spacial score (nSPS) is 11.2. The number of halogens is 3. The summed E-state index contributed by atoms with van der Waals surface area (Å²) in [5, 5.41) is 9.23. The number of primary amides is 1. The fourth-order valence-electron chi connectivity index (χ4n) is 5.61. The lowest BCUT2D eigenvalue weighted by Gasteiger charge is -2.11. The first-order chi connectivity index (χ1) is 25.6. The minimum absolute atomic E-state index is 0.0891. The Bertz CT molecular complexity index is 2680. The van der Waals surface area contributed by atoms with Crippen molar-refractivity contribution in [2.75, 3.05) is 7.11 Å². The summed E-state index contributed by atoms with van der Waals surface area (Å²) in [5.74, 6) is -0.110. The second-order valence-corrected chi connectivity index (χ2v) is 11.3. The summed E-state index contributed by atoms with van der Waals surface area (Å²) in [5.41, 5.74) is 11.2. The second-order valence-electron chi connectivity index (χ2n) is 11.3. The zero-order chi connectivity index (χ0) is 37.1. The SMILES string of the molecule is COc1cccc(-c2ncccc2-c2ccc3ncc(C#N)n3c2)n1.NC(=O)c1cnc2ccc(-c3cccnc3-c3cccc(C(F)(F)F)n3)cn12. The van der Waals surface area contributed by atoms with Crippen LogP contribution in [0, 0.1) is 11.3 Å². The van der Waals surface area contributed by atoms with E-state index in [1.807, 2.05) is 42.6 Å². The van der Waals surface area contributed by atoms with Gasteiger partial charge in [0.1, 0.15) is 34.4 Å². The Hall–Kier alpha value is -7.47. The smallest absolute Gasteiger partial charge is 0.433 e. The van der Waals surface area contributed by atoms with Crippen LogP contribution < -0.4 is 10.5 Å². The molecule has 0 radical (unpaired) electrons. The number of carbonyl (C=O) groups is 1. The number of ether oxygens (including phenoxy) is 1. The number of methoxy groups -OCH3 is 1. The Balaban J connectivity index is 0.000000165. The van der Waals surface area contributed by atoms with E-state index in [2.05, 4.69) is 36.0 Å². The summed E-state index contributed by atoms with van der Waals surface area (Å²) in [4.78, 5) is 36.8. The number of nitrogens with two attached hydrogens (primary N) is 1. The molecule has 0 unspecified atom stereocenters. The van der Waals surface area contributed by atoms with Crippen molar-refractivity contribution in [2.24, 2.45) is 5.73 Å². The minimum atomic E-state index is -4.56. The molecule has 8 aromatic heterocycles. The lowest BCUT2D eigenvalue weighted by atomic mass is 10.0. The van der Waals surface area contributed by atoms with Gasteiger partial charge in [0.05, 0.1) is 42.3 Å². The average Bonchev–Trinajstić information content (AvgIpc) is 3.82. The molecule has 0 saturated carbocycles. The maximum absolute atomic E-state index is 13.0. The summed E-state index contributed by atoms with van der Waals surface area (Å²) in [6.07, 6.45) is 5.10. The van der Waals surface area contributed by atoms with Crippen molar-refractivity contribution in [1.29, 1.82) is 5.26 Å². The largest absolute Gasteiger partial charge is 0.481 e. The molecule has 15 heteroatoms. The molecular weight excluding hydrogens is 685 g/mol. The van der Waals surface area contributed by atoms with Crippen LogP contribution in [0.4, 0.5) is 13.2 Å². The van der Waals surface area contributed by atoms with Gasteiger partial charge in [-0.15, -0.1) is 0 Å². The van der Waals surface area contributed by atoms with Gasteiger partial charge in [-0.2, -0.15) is 18.4 Å². The zero-order valence-corrected chi connectivity index (χ0v) is 27.6. The number of alkyl halides is 3. The maximum atomic E-state index is 13.0. The molecule has 1 amide bonds. The van der Waals surface area contributed by atoms with Crippen molar-refractivity contribution >= 4 is 17.2 Å². The third-order valence-corrected chi connectivity index (χ3v) is 8.07. The molecule has 0 aliphatic heterocycles. The maximum Gasteiger partial charge on any atom is 0.433 e. The van der Waals surface area contributed by atoms with Crippen LogP contribution in [0.15, 0.2) is 122 Å². The van der Waals surface area contributed by atoms with Gasteiger partial charge in [-0.25, -0.2) is 19.9 Å². The van der Waals surface area contributed by atoms with Crippen molar-refractivity contribution < 1.29 is 22.7 Å². The summed E-state index contributed by atoms with van der Waals surface area (Å²) >= 11 is 0. The Kier molecular flexibility index (Phi) is 9.01. The molecule has 8 aromatic rings. The number of hydrogen-bond donors (Lipinski definition) is 1. The Labute approximate surface area is 298 Å². The highest BCUT2D eigenvalue weighted by Gasteiger charge is 2.32. The number of carbonyl (C=O) groups excluding carboxylic acids is 1. The third-order valence-electron chi connectivity index (χ3n) is 8.07. The number of nitriles is 1. The topological polar surface area (TPSA) is 162 Å². The van der Waals surface area contributed by atoms with Gasteiger partial charge in [-0.05, 0) is 54.6 Å². The standard InChI is InChI=1S/C19H12F3N5O.C19H13N5O/c20-19(21,22)15-5-1-4-13(26-15)17-12(3-2-8-24-17)11-6-7-16-25-9-14(18(23)28)27(16)10-11;1-25-18-6-2-5-16(23-18)19-15(4-3-9-21-19)13-7-8-17-22-11-14(10-20)24(17)12-13/h1-10H,(H2,23,28);2-9,11-12H,1H3. The second kappa shape index (κ2) is 14.0. The fourth-order valence-corrected chi connectivity index (χ4v) is 5.61. The van der Waals surface area contributed by atoms with Crippen LogP contribution in [0.25, 0.3) is 56.3 Å². The Morgan fingerprint density at radius 3 is 1.92 bits per heavy atom. The molecule has 0 aliphatic rings. The lowest BCUT2D eigenvalue weighted by Crippen LogP contribution is -2.13. The van der Waals surface area contributed by atoms with Gasteiger partial charge in [0.2, 0.25) is 5.88 Å². The van der Waals surface area contributed by atoms with E-state index in [0.29, 0.717) is 28.3 Å². The van der Waals surface area contributed by atoms with E-state index in [9.17, 15) is 23.2 Å². The summed E-state index contributed by atoms with van der Waals surface area (Å²) in [7, 11) is 1.59. The van der Waals surface area contributed by atoms with E-state index in [-0.39, 0.29) is 17.1 Å². The highest BCUT2D eigenvalue weighted by atomic mass is 19.4. The number of aromatic nitrogens is 8. The molecule has 0 aromatic carbocycles. The fraction of sp³-hybridized carbons (Fsp3) is 0.0526. The Morgan fingerprint density at radius 2 is 1.32 bits per heavy atom. The number of fused-ring (bicyclic) bond motifs is 2. The molecule has 12 nitrogen and oxygen atoms in total. The number of amides is 1. The molecule has 53 heavy (non-hydrogen) atoms. The van der Waals surface area contributed by atoms with Crippen LogP contribution in [-0.2, 0) is 6.18 Å². The molecule has 260 valence electrons. The molecule has 0 bridgehead atoms. The first kappa shape index (κ1) is 34.0. The molecule has 8 heterocycles. The number of imidazole rings is 2. The molecule has 0 spiro atoms. The first-order valence-electron chi connectivity index (χ1n) is 15.8. The lowest BCUT2D eigenvalue weighted by molar-refractivity contribution is -0.141. The zero-order valence-electron chi connectivity index (χ0n) is 27.6. The Morgan fingerprint density at radius 1 is 0.736 bits per heavy atom. The van der Waals surface area contributed by atoms with Crippen molar-refractivity contribution in [3.8, 4) is 57.0 Å². The van der Waals surface area contributed by atoms with E-state index in [0.717, 1.165) is 34.2 Å². The first-order valence-corrected chi connectivity index (χ1v) is 15.8. The molecule has 0 atom stereocenters. The summed E-state index contributed by atoms with van der Waals surface area (Å²) in [6.45, 7) is 0. The third kappa shape index (κ3) is 6.84. The van der Waals surface area contributed by atoms with Gasteiger partial charge in [-0.3, -0.25) is 23.6 Å². The highest BCUT2D eigenvalue weighted by Crippen LogP contribution is 2.33. The van der Waals surface area contributed by atoms with Crippen LogP contribution >= 0.6 is 0 Å². The van der Waals surface area contributed by atoms with Gasteiger partial charge in [0, 0.05) is 53.1 Å². The molecular formula is C38H25F3N10O2. The van der Waals surface area contributed by atoms with Crippen LogP contribution in [0.1, 0.15) is 21.9 Å². The number of hydrogen-bond acceptors (Lipinski definition) is 9. The average molecular weight is 711 g/mol. The summed E-state index contributed by atoms with van der Waals surface area (Å²) < 4.78 is 47.6. The van der Waals surface area contributed by atoms with Crippen molar-refractivity contribution in [3.63, 3.8) is 0 Å². The van der Waals surface area contributed by atoms with Crippen LogP contribution in [0.5, 0.6) is 5.88 Å². The monoisotopic (exact) mass is 710 g/mol. The highest BCUT2D eigenvalue weighted by molar-refractivity contribution is 5.92. The van der Waals surface area contributed by atoms with E-state index >= 15 is 0 Å². The molecule has 2 N–H and O–H groups in total. The molecule has 0 fully saturated rings. The predicted octanol–water partition coefficient (Wildman–Crippen LogP) is 6.91. The van der Waals surface area contributed by atoms with Crippen molar-refractivity contribution in [2.45, 2.75) is 6.18 Å². The molecule has 0 saturated heterocycles. The van der Waals surface area contributed by atoms with E-state index in [4.69, 9.17) is 10.5 Å². The number of nitrogens with zero attached hydrogens (tertiary/aromatic N) is 9. The van der Waals surface area contributed by atoms with Gasteiger partial charge < -0.3 is 10.5 Å². The van der Waals surface area contributed by atoms with Crippen molar-refractivity contribution in [1.82, 2.24) is 38.7 Å². The molecule has 0 aliphatic carbocycles. The van der Waals surface area contributed by atoms with Gasteiger partial charge in [-0.1, -0.05) is 24.3 Å². The van der Waals surface area contributed by atoms with Gasteiger partial charge in [0.25, 0.3) is 5.91 Å².